The number of amides is 1. The van der Waals surface area contributed by atoms with Crippen molar-refractivity contribution in [3.63, 3.8) is 0 Å². The topological polar surface area (TPSA) is 77.3 Å². The second-order valence-electron chi connectivity index (χ2n) is 5.22. The van der Waals surface area contributed by atoms with E-state index in [4.69, 9.17) is 4.74 Å². The number of aromatic nitrogens is 3. The molecule has 2 aromatic rings. The van der Waals surface area contributed by atoms with Gasteiger partial charge in [0.05, 0.1) is 18.6 Å². The summed E-state index contributed by atoms with van der Waals surface area (Å²) >= 11 is 0. The van der Waals surface area contributed by atoms with Crippen LogP contribution in [0, 0.1) is 0 Å². The summed E-state index contributed by atoms with van der Waals surface area (Å²) in [5.41, 5.74) is 0.261. The fraction of sp³-hybridized carbons (Fsp3) is 0.467. The maximum atomic E-state index is 12.7. The lowest BCUT2D eigenvalue weighted by Gasteiger charge is -2.30. The molecule has 0 radical (unpaired) electrons. The van der Waals surface area contributed by atoms with E-state index in [0.29, 0.717) is 43.6 Å². The van der Waals surface area contributed by atoms with Crippen LogP contribution in [0.15, 0.2) is 29.1 Å². The van der Waals surface area contributed by atoms with E-state index in [1.165, 1.54) is 4.68 Å². The maximum absolute atomic E-state index is 12.7. The molecule has 2 heterocycles. The molecule has 1 atom stereocenters. The number of hydrogen-bond donors (Lipinski definition) is 0. The van der Waals surface area contributed by atoms with Crippen molar-refractivity contribution >= 4 is 16.8 Å². The van der Waals surface area contributed by atoms with Gasteiger partial charge >= 0.3 is 0 Å². The highest BCUT2D eigenvalue weighted by atomic mass is 16.5. The van der Waals surface area contributed by atoms with Crippen molar-refractivity contribution in [2.75, 3.05) is 26.3 Å². The number of carbonyl (C=O) groups excluding carboxylic acids is 1. The van der Waals surface area contributed by atoms with Crippen molar-refractivity contribution in [3.05, 3.63) is 34.6 Å². The van der Waals surface area contributed by atoms with Gasteiger partial charge in [0.25, 0.3) is 5.56 Å². The molecule has 116 valence electrons. The quantitative estimate of drug-likeness (QED) is 0.830. The third-order valence-corrected chi connectivity index (χ3v) is 3.88. The minimum Gasteiger partial charge on any atom is -0.378 e. The molecular formula is C15H18N4O3. The van der Waals surface area contributed by atoms with E-state index in [1.54, 1.807) is 29.2 Å². The fourth-order valence-electron chi connectivity index (χ4n) is 2.65. The number of ether oxygens (including phenoxy) is 1. The standard InChI is InChI=1S/C15H18N4O3/c1-2-13(15(21)18-7-9-22-10-8-18)19-14(20)11-5-3-4-6-12(11)16-17-19/h3-6,13H,2,7-10H2,1H3/t13-/m1/s1. The summed E-state index contributed by atoms with van der Waals surface area (Å²) in [4.78, 5) is 27.0. The Labute approximate surface area is 127 Å². The lowest BCUT2D eigenvalue weighted by molar-refractivity contribution is -0.139. The van der Waals surface area contributed by atoms with Crippen LogP contribution >= 0.6 is 0 Å². The molecule has 1 aliphatic rings. The molecule has 1 fully saturated rings. The lowest BCUT2D eigenvalue weighted by atomic mass is 10.1. The van der Waals surface area contributed by atoms with E-state index in [-0.39, 0.29) is 11.5 Å². The Morgan fingerprint density at radius 2 is 2.05 bits per heavy atom. The number of hydrogen-bond acceptors (Lipinski definition) is 5. The Morgan fingerprint density at radius 3 is 2.77 bits per heavy atom. The van der Waals surface area contributed by atoms with Gasteiger partial charge in [0.1, 0.15) is 11.6 Å². The predicted molar refractivity (Wildman–Crippen MR) is 80.5 cm³/mol. The highest BCUT2D eigenvalue weighted by Crippen LogP contribution is 2.14. The van der Waals surface area contributed by atoms with Gasteiger partial charge in [-0.3, -0.25) is 9.59 Å². The Balaban J connectivity index is 1.98. The normalized spacial score (nSPS) is 16.7. The van der Waals surface area contributed by atoms with Crippen LogP contribution in [-0.4, -0.2) is 52.1 Å². The second-order valence-corrected chi connectivity index (χ2v) is 5.22. The Hall–Kier alpha value is -2.28. The van der Waals surface area contributed by atoms with Crippen LogP contribution in [0.3, 0.4) is 0 Å². The second kappa shape index (κ2) is 6.23. The first kappa shape index (κ1) is 14.6. The number of rotatable bonds is 3. The van der Waals surface area contributed by atoms with Crippen molar-refractivity contribution in [3.8, 4) is 0 Å². The zero-order valence-corrected chi connectivity index (χ0v) is 12.4. The monoisotopic (exact) mass is 302 g/mol. The van der Waals surface area contributed by atoms with E-state index < -0.39 is 6.04 Å². The van der Waals surface area contributed by atoms with E-state index in [0.717, 1.165) is 0 Å². The molecule has 0 unspecified atom stereocenters. The Morgan fingerprint density at radius 1 is 1.32 bits per heavy atom. The van der Waals surface area contributed by atoms with Gasteiger partial charge in [-0.05, 0) is 18.6 Å². The zero-order valence-electron chi connectivity index (χ0n) is 12.4. The minimum absolute atomic E-state index is 0.0996. The molecule has 0 saturated carbocycles. The number of nitrogens with zero attached hydrogens (tertiary/aromatic N) is 4. The number of fused-ring (bicyclic) bond motifs is 1. The third-order valence-electron chi connectivity index (χ3n) is 3.88. The molecule has 22 heavy (non-hydrogen) atoms. The van der Waals surface area contributed by atoms with Gasteiger partial charge in [0.2, 0.25) is 5.91 Å². The number of carbonyl (C=O) groups is 1. The van der Waals surface area contributed by atoms with Crippen LogP contribution in [-0.2, 0) is 9.53 Å². The first-order valence-electron chi connectivity index (χ1n) is 7.43. The summed E-state index contributed by atoms with van der Waals surface area (Å²) in [6.45, 7) is 4.02. The summed E-state index contributed by atoms with van der Waals surface area (Å²) in [5, 5.41) is 8.50. The van der Waals surface area contributed by atoms with Crippen LogP contribution < -0.4 is 5.56 Å². The number of benzene rings is 1. The van der Waals surface area contributed by atoms with Crippen LogP contribution in [0.2, 0.25) is 0 Å². The Bertz CT molecular complexity index is 737. The molecule has 1 aromatic heterocycles. The molecule has 1 saturated heterocycles. The van der Waals surface area contributed by atoms with Gasteiger partial charge in [-0.25, -0.2) is 0 Å². The molecular weight excluding hydrogens is 284 g/mol. The maximum Gasteiger partial charge on any atom is 0.278 e. The van der Waals surface area contributed by atoms with Crippen molar-refractivity contribution in [2.45, 2.75) is 19.4 Å². The van der Waals surface area contributed by atoms with Crippen LogP contribution in [0.5, 0.6) is 0 Å². The van der Waals surface area contributed by atoms with Crippen molar-refractivity contribution in [1.82, 2.24) is 19.9 Å². The summed E-state index contributed by atoms with van der Waals surface area (Å²) in [6, 6.07) is 6.40. The summed E-state index contributed by atoms with van der Waals surface area (Å²) in [7, 11) is 0. The largest absolute Gasteiger partial charge is 0.378 e. The smallest absolute Gasteiger partial charge is 0.278 e. The molecule has 0 aliphatic carbocycles. The molecule has 0 bridgehead atoms. The van der Waals surface area contributed by atoms with Gasteiger partial charge in [-0.15, -0.1) is 5.10 Å². The predicted octanol–water partition coefficient (Wildman–Crippen LogP) is 0.601. The molecule has 1 aromatic carbocycles. The highest BCUT2D eigenvalue weighted by molar-refractivity contribution is 5.81. The van der Waals surface area contributed by atoms with Crippen LogP contribution in [0.4, 0.5) is 0 Å². The summed E-state index contributed by atoms with van der Waals surface area (Å²) in [5.74, 6) is -0.0996. The van der Waals surface area contributed by atoms with E-state index >= 15 is 0 Å². The van der Waals surface area contributed by atoms with Crippen LogP contribution in [0.25, 0.3) is 10.9 Å². The van der Waals surface area contributed by atoms with Gasteiger partial charge in [0, 0.05) is 13.1 Å². The fourth-order valence-corrected chi connectivity index (χ4v) is 2.65. The average Bonchev–Trinajstić information content (AvgIpc) is 2.58. The van der Waals surface area contributed by atoms with E-state index in [1.807, 2.05) is 6.92 Å². The zero-order chi connectivity index (χ0) is 15.5. The summed E-state index contributed by atoms with van der Waals surface area (Å²) in [6.07, 6.45) is 0.489. The van der Waals surface area contributed by atoms with Crippen LogP contribution in [0.1, 0.15) is 19.4 Å². The highest BCUT2D eigenvalue weighted by Gasteiger charge is 2.28. The van der Waals surface area contributed by atoms with E-state index in [2.05, 4.69) is 10.3 Å². The van der Waals surface area contributed by atoms with Gasteiger partial charge in [0.15, 0.2) is 0 Å². The molecule has 1 aliphatic heterocycles. The molecule has 7 nitrogen and oxygen atoms in total. The van der Waals surface area contributed by atoms with Crippen molar-refractivity contribution < 1.29 is 9.53 Å². The molecule has 0 N–H and O–H groups in total. The Kier molecular flexibility index (Phi) is 4.15. The van der Waals surface area contributed by atoms with E-state index in [9.17, 15) is 9.59 Å². The number of morpholine rings is 1. The van der Waals surface area contributed by atoms with Gasteiger partial charge in [-0.1, -0.05) is 24.3 Å². The molecule has 0 spiro atoms. The van der Waals surface area contributed by atoms with Crippen molar-refractivity contribution in [1.29, 1.82) is 0 Å². The van der Waals surface area contributed by atoms with Gasteiger partial charge < -0.3 is 9.64 Å². The van der Waals surface area contributed by atoms with Crippen molar-refractivity contribution in [2.24, 2.45) is 0 Å². The first-order valence-corrected chi connectivity index (χ1v) is 7.43. The average molecular weight is 302 g/mol. The SMILES string of the molecule is CC[C@H](C(=O)N1CCOCC1)n1nnc2ccccc2c1=O. The lowest BCUT2D eigenvalue weighted by Crippen LogP contribution is -2.46. The molecule has 7 heteroatoms. The first-order chi connectivity index (χ1) is 10.7. The van der Waals surface area contributed by atoms with Gasteiger partial charge in [-0.2, -0.15) is 4.68 Å². The summed E-state index contributed by atoms with van der Waals surface area (Å²) < 4.78 is 6.47. The molecule has 3 rings (SSSR count). The third kappa shape index (κ3) is 2.59. The molecule has 1 amide bonds. The minimum atomic E-state index is -0.622.